The van der Waals surface area contributed by atoms with Gasteiger partial charge in [-0.05, 0) is 51.8 Å². The Hall–Kier alpha value is -3.54. The molecule has 0 radical (unpaired) electrons. The van der Waals surface area contributed by atoms with Gasteiger partial charge in [0.25, 0.3) is 0 Å². The smallest absolute Gasteiger partial charge is 0.408 e. The number of terminal acetylenes is 1. The molecule has 0 aliphatic rings. The van der Waals surface area contributed by atoms with Crippen LogP contribution in [0, 0.1) is 12.3 Å². The van der Waals surface area contributed by atoms with Gasteiger partial charge in [-0.25, -0.2) is 4.79 Å². The zero-order valence-corrected chi connectivity index (χ0v) is 22.2. The van der Waals surface area contributed by atoms with Crippen molar-refractivity contribution in [2.75, 3.05) is 20.2 Å². The lowest BCUT2D eigenvalue weighted by Crippen LogP contribution is -2.52. The van der Waals surface area contributed by atoms with Crippen LogP contribution >= 0.6 is 0 Å². The van der Waals surface area contributed by atoms with Gasteiger partial charge in [-0.3, -0.25) is 14.4 Å². The molecule has 1 aromatic carbocycles. The SMILES string of the molecule is C#Cc1ccc(C(C(=O)NCC(=O)OC)N(CCCCCC)C(=O)C(C)NC(=O)OC(C)(C)C)cc1. The number of alkyl carbamates (subject to hydrolysis) is 1. The summed E-state index contributed by atoms with van der Waals surface area (Å²) in [4.78, 5) is 52.3. The fourth-order valence-electron chi connectivity index (χ4n) is 3.43. The Morgan fingerprint density at radius 3 is 2.25 bits per heavy atom. The molecule has 9 nitrogen and oxygen atoms in total. The molecule has 0 bridgehead atoms. The lowest BCUT2D eigenvalue weighted by atomic mass is 10.0. The van der Waals surface area contributed by atoms with Crippen LogP contribution in [-0.2, 0) is 23.9 Å². The highest BCUT2D eigenvalue weighted by atomic mass is 16.6. The average Bonchev–Trinajstić information content (AvgIpc) is 2.82. The summed E-state index contributed by atoms with van der Waals surface area (Å²) in [5, 5.41) is 5.10. The number of rotatable bonds is 12. The molecule has 0 aromatic heterocycles. The van der Waals surface area contributed by atoms with Crippen molar-refractivity contribution < 1.29 is 28.7 Å². The van der Waals surface area contributed by atoms with Gasteiger partial charge in [-0.2, -0.15) is 0 Å². The molecule has 0 saturated heterocycles. The van der Waals surface area contributed by atoms with E-state index in [-0.39, 0.29) is 13.1 Å². The van der Waals surface area contributed by atoms with Crippen molar-refractivity contribution in [2.24, 2.45) is 0 Å². The molecule has 36 heavy (non-hydrogen) atoms. The molecule has 0 aliphatic carbocycles. The minimum atomic E-state index is -1.06. The predicted molar refractivity (Wildman–Crippen MR) is 137 cm³/mol. The van der Waals surface area contributed by atoms with Gasteiger partial charge >= 0.3 is 12.1 Å². The third-order valence-corrected chi connectivity index (χ3v) is 5.23. The second-order valence-corrected chi connectivity index (χ2v) is 9.42. The second-order valence-electron chi connectivity index (χ2n) is 9.42. The maximum atomic E-state index is 13.6. The first-order valence-corrected chi connectivity index (χ1v) is 12.1. The maximum absolute atomic E-state index is 13.6. The number of hydrogen-bond donors (Lipinski definition) is 2. The molecule has 0 fully saturated rings. The van der Waals surface area contributed by atoms with E-state index < -0.39 is 41.6 Å². The van der Waals surface area contributed by atoms with Gasteiger partial charge in [-0.1, -0.05) is 44.2 Å². The van der Waals surface area contributed by atoms with Gasteiger partial charge < -0.3 is 25.0 Å². The number of carbonyl (C=O) groups excluding carboxylic acids is 4. The van der Waals surface area contributed by atoms with Crippen molar-refractivity contribution in [3.8, 4) is 12.3 Å². The fraction of sp³-hybridized carbons (Fsp3) is 0.556. The first-order valence-electron chi connectivity index (χ1n) is 12.1. The molecule has 0 spiro atoms. The lowest BCUT2D eigenvalue weighted by molar-refractivity contribution is -0.144. The van der Waals surface area contributed by atoms with Crippen molar-refractivity contribution in [2.45, 2.75) is 78.0 Å². The van der Waals surface area contributed by atoms with Crippen LogP contribution in [-0.4, -0.2) is 60.6 Å². The summed E-state index contributed by atoms with van der Waals surface area (Å²) < 4.78 is 9.90. The summed E-state index contributed by atoms with van der Waals surface area (Å²) in [6.07, 6.45) is 8.22. The third-order valence-electron chi connectivity index (χ3n) is 5.23. The van der Waals surface area contributed by atoms with Crippen LogP contribution in [0.25, 0.3) is 0 Å². The number of amides is 3. The Morgan fingerprint density at radius 2 is 1.72 bits per heavy atom. The Balaban J connectivity index is 3.32. The molecule has 0 saturated carbocycles. The number of methoxy groups -OCH3 is 1. The minimum absolute atomic E-state index is 0.270. The number of hydrogen-bond acceptors (Lipinski definition) is 6. The number of nitrogens with zero attached hydrogens (tertiary/aromatic N) is 1. The molecule has 2 atom stereocenters. The molecule has 0 heterocycles. The van der Waals surface area contributed by atoms with Crippen LogP contribution in [0.3, 0.4) is 0 Å². The first-order chi connectivity index (χ1) is 16.9. The fourth-order valence-corrected chi connectivity index (χ4v) is 3.43. The number of unbranched alkanes of at least 4 members (excludes halogenated alkanes) is 3. The van der Waals surface area contributed by atoms with Crippen molar-refractivity contribution >= 4 is 23.9 Å². The Morgan fingerprint density at radius 1 is 1.08 bits per heavy atom. The normalized spacial score (nSPS) is 12.5. The van der Waals surface area contributed by atoms with Crippen LogP contribution < -0.4 is 10.6 Å². The van der Waals surface area contributed by atoms with E-state index in [1.807, 2.05) is 0 Å². The summed E-state index contributed by atoms with van der Waals surface area (Å²) in [7, 11) is 1.22. The average molecular weight is 502 g/mol. The van der Waals surface area contributed by atoms with E-state index in [1.165, 1.54) is 18.9 Å². The van der Waals surface area contributed by atoms with Gasteiger partial charge in [0.2, 0.25) is 11.8 Å². The van der Waals surface area contributed by atoms with Crippen molar-refractivity contribution in [3.63, 3.8) is 0 Å². The summed E-state index contributed by atoms with van der Waals surface area (Å²) in [6, 6.07) is 4.69. The molecular weight excluding hydrogens is 462 g/mol. The topological polar surface area (TPSA) is 114 Å². The van der Waals surface area contributed by atoms with Crippen LogP contribution in [0.4, 0.5) is 4.79 Å². The first kappa shape index (κ1) is 30.5. The lowest BCUT2D eigenvalue weighted by Gasteiger charge is -2.33. The summed E-state index contributed by atoms with van der Waals surface area (Å²) in [6.45, 7) is 8.70. The third kappa shape index (κ3) is 10.4. The Bertz CT molecular complexity index is 930. The van der Waals surface area contributed by atoms with Gasteiger partial charge in [0.1, 0.15) is 24.2 Å². The van der Waals surface area contributed by atoms with E-state index >= 15 is 0 Å². The molecule has 1 aromatic rings. The van der Waals surface area contributed by atoms with Crippen LogP contribution in [0.2, 0.25) is 0 Å². The number of esters is 1. The minimum Gasteiger partial charge on any atom is -0.468 e. The van der Waals surface area contributed by atoms with E-state index in [0.717, 1.165) is 19.3 Å². The molecule has 3 amide bonds. The van der Waals surface area contributed by atoms with E-state index in [9.17, 15) is 19.2 Å². The van der Waals surface area contributed by atoms with Gasteiger partial charge in [0.15, 0.2) is 0 Å². The van der Waals surface area contributed by atoms with Crippen LogP contribution in [0.1, 0.15) is 77.5 Å². The quantitative estimate of drug-likeness (QED) is 0.258. The van der Waals surface area contributed by atoms with E-state index in [1.54, 1.807) is 45.0 Å². The van der Waals surface area contributed by atoms with E-state index in [2.05, 4.69) is 28.2 Å². The van der Waals surface area contributed by atoms with Crippen molar-refractivity contribution in [1.82, 2.24) is 15.5 Å². The largest absolute Gasteiger partial charge is 0.468 e. The maximum Gasteiger partial charge on any atom is 0.408 e. The zero-order valence-electron chi connectivity index (χ0n) is 22.2. The van der Waals surface area contributed by atoms with Gasteiger partial charge in [0, 0.05) is 12.1 Å². The van der Waals surface area contributed by atoms with E-state index in [0.29, 0.717) is 17.5 Å². The summed E-state index contributed by atoms with van der Waals surface area (Å²) >= 11 is 0. The number of benzene rings is 1. The number of ether oxygens (including phenoxy) is 2. The molecular formula is C27H39N3O6. The number of nitrogens with one attached hydrogen (secondary N) is 2. The molecule has 9 heteroatoms. The van der Waals surface area contributed by atoms with Crippen LogP contribution in [0.15, 0.2) is 24.3 Å². The van der Waals surface area contributed by atoms with Gasteiger partial charge in [-0.15, -0.1) is 6.42 Å². The highest BCUT2D eigenvalue weighted by Gasteiger charge is 2.34. The van der Waals surface area contributed by atoms with Crippen molar-refractivity contribution in [1.29, 1.82) is 0 Å². The Kier molecular flexibility index (Phi) is 12.5. The highest BCUT2D eigenvalue weighted by Crippen LogP contribution is 2.24. The number of carbonyl (C=O) groups is 4. The van der Waals surface area contributed by atoms with Crippen molar-refractivity contribution in [3.05, 3.63) is 35.4 Å². The molecule has 198 valence electrons. The Labute approximate surface area is 214 Å². The molecule has 2 N–H and O–H groups in total. The molecule has 0 aliphatic heterocycles. The second kappa shape index (κ2) is 14.8. The molecule has 2 unspecified atom stereocenters. The monoisotopic (exact) mass is 501 g/mol. The van der Waals surface area contributed by atoms with Crippen LogP contribution in [0.5, 0.6) is 0 Å². The summed E-state index contributed by atoms with van der Waals surface area (Å²) in [5.74, 6) is 0.890. The molecule has 1 rings (SSSR count). The predicted octanol–water partition coefficient (Wildman–Crippen LogP) is 3.32. The van der Waals surface area contributed by atoms with Gasteiger partial charge in [0.05, 0.1) is 7.11 Å². The zero-order chi connectivity index (χ0) is 27.3. The van der Waals surface area contributed by atoms with E-state index in [4.69, 9.17) is 11.2 Å². The highest BCUT2D eigenvalue weighted by molar-refractivity contribution is 5.93. The summed E-state index contributed by atoms with van der Waals surface area (Å²) in [5.41, 5.74) is 0.403. The standard InChI is InChI=1S/C27H39N3O6/c1-8-10-11-12-17-30(25(33)19(3)29-26(34)36-27(4,5)6)23(24(32)28-18-22(31)35-7)21-15-13-20(9-2)14-16-21/h2,13-16,19,23H,8,10-12,17-18H2,1,3-7H3,(H,28,32)(H,29,34).